The number of methoxy groups -OCH3 is 1. The van der Waals surface area contributed by atoms with E-state index in [9.17, 15) is 4.79 Å². The standard InChI is InChI=1S/C23H30N4O3/c1-15-12-27(13-16(2)30-15)23-20-14-26(10-9-21(20)24-17(3)25-23)22(28)11-18-5-7-19(29-4)8-6-18/h5-8,15-16H,9-14H2,1-4H3/t15-,16+. The first-order valence-electron chi connectivity index (χ1n) is 10.6. The van der Waals surface area contributed by atoms with Crippen LogP contribution in [0, 0.1) is 6.92 Å². The number of morpholine rings is 1. The number of fused-ring (bicyclic) bond motifs is 1. The highest BCUT2D eigenvalue weighted by Crippen LogP contribution is 2.29. The Morgan fingerprint density at radius 3 is 2.53 bits per heavy atom. The molecule has 2 aliphatic rings. The lowest BCUT2D eigenvalue weighted by atomic mass is 10.0. The molecule has 1 saturated heterocycles. The van der Waals surface area contributed by atoms with E-state index in [1.165, 1.54) is 0 Å². The zero-order valence-electron chi connectivity index (χ0n) is 18.2. The van der Waals surface area contributed by atoms with Crippen LogP contribution in [-0.4, -0.2) is 59.7 Å². The summed E-state index contributed by atoms with van der Waals surface area (Å²) in [4.78, 5) is 26.7. The van der Waals surface area contributed by atoms with E-state index in [1.54, 1.807) is 7.11 Å². The SMILES string of the molecule is COc1ccc(CC(=O)N2CCc3nc(C)nc(N4C[C@@H](C)O[C@@H](C)C4)c3C2)cc1. The minimum atomic E-state index is 0.126. The molecule has 30 heavy (non-hydrogen) atoms. The number of carbonyl (C=O) groups is 1. The molecular weight excluding hydrogens is 380 g/mol. The molecule has 0 aliphatic carbocycles. The Morgan fingerprint density at radius 1 is 1.17 bits per heavy atom. The van der Waals surface area contributed by atoms with Crippen LogP contribution in [0.5, 0.6) is 5.75 Å². The molecule has 160 valence electrons. The van der Waals surface area contributed by atoms with E-state index < -0.39 is 0 Å². The monoisotopic (exact) mass is 410 g/mol. The average molecular weight is 411 g/mol. The van der Waals surface area contributed by atoms with Crippen molar-refractivity contribution in [1.29, 1.82) is 0 Å². The number of rotatable bonds is 4. The van der Waals surface area contributed by atoms with Gasteiger partial charge in [-0.1, -0.05) is 12.1 Å². The molecule has 1 aromatic carbocycles. The van der Waals surface area contributed by atoms with Gasteiger partial charge in [-0.2, -0.15) is 0 Å². The van der Waals surface area contributed by atoms with Gasteiger partial charge in [0.25, 0.3) is 0 Å². The molecule has 0 bridgehead atoms. The molecule has 0 radical (unpaired) electrons. The van der Waals surface area contributed by atoms with Gasteiger partial charge in [0.1, 0.15) is 17.4 Å². The van der Waals surface area contributed by atoms with Crippen LogP contribution in [0.3, 0.4) is 0 Å². The first-order chi connectivity index (χ1) is 14.4. The molecule has 0 N–H and O–H groups in total. The second kappa shape index (κ2) is 8.60. The number of aryl methyl sites for hydroxylation is 1. The van der Waals surface area contributed by atoms with Crippen LogP contribution >= 0.6 is 0 Å². The van der Waals surface area contributed by atoms with Gasteiger partial charge >= 0.3 is 0 Å². The third kappa shape index (κ3) is 4.41. The molecule has 7 heteroatoms. The molecule has 0 unspecified atom stereocenters. The molecule has 0 saturated carbocycles. The van der Waals surface area contributed by atoms with E-state index in [1.807, 2.05) is 36.1 Å². The van der Waals surface area contributed by atoms with Crippen molar-refractivity contribution in [2.24, 2.45) is 0 Å². The number of nitrogens with zero attached hydrogens (tertiary/aromatic N) is 4. The lowest BCUT2D eigenvalue weighted by Crippen LogP contribution is -2.47. The summed E-state index contributed by atoms with van der Waals surface area (Å²) >= 11 is 0. The highest BCUT2D eigenvalue weighted by atomic mass is 16.5. The Labute approximate surface area is 178 Å². The van der Waals surface area contributed by atoms with Crippen molar-refractivity contribution in [2.75, 3.05) is 31.6 Å². The number of hydrogen-bond acceptors (Lipinski definition) is 6. The number of amides is 1. The molecule has 1 aromatic heterocycles. The van der Waals surface area contributed by atoms with Gasteiger partial charge < -0.3 is 19.3 Å². The summed E-state index contributed by atoms with van der Waals surface area (Å²) in [6.45, 7) is 8.97. The lowest BCUT2D eigenvalue weighted by Gasteiger charge is -2.38. The summed E-state index contributed by atoms with van der Waals surface area (Å²) in [6, 6.07) is 7.68. The quantitative estimate of drug-likeness (QED) is 0.772. The fourth-order valence-electron chi connectivity index (χ4n) is 4.37. The molecule has 7 nitrogen and oxygen atoms in total. The summed E-state index contributed by atoms with van der Waals surface area (Å²) in [5.74, 6) is 2.67. The van der Waals surface area contributed by atoms with Gasteiger partial charge in [0, 0.05) is 31.6 Å². The predicted octanol–water partition coefficient (Wildman–Crippen LogP) is 2.53. The van der Waals surface area contributed by atoms with Crippen LogP contribution in [0.4, 0.5) is 5.82 Å². The molecule has 2 aliphatic heterocycles. The smallest absolute Gasteiger partial charge is 0.227 e. The fourth-order valence-corrected chi connectivity index (χ4v) is 4.37. The van der Waals surface area contributed by atoms with Crippen molar-refractivity contribution in [3.63, 3.8) is 0 Å². The van der Waals surface area contributed by atoms with Crippen LogP contribution < -0.4 is 9.64 Å². The summed E-state index contributed by atoms with van der Waals surface area (Å²) in [5.41, 5.74) is 3.14. The highest BCUT2D eigenvalue weighted by molar-refractivity contribution is 5.79. The lowest BCUT2D eigenvalue weighted by molar-refractivity contribution is -0.131. The van der Waals surface area contributed by atoms with Gasteiger partial charge in [0.2, 0.25) is 5.91 Å². The summed E-state index contributed by atoms with van der Waals surface area (Å²) in [5, 5.41) is 0. The molecule has 1 fully saturated rings. The van der Waals surface area contributed by atoms with Crippen LogP contribution in [0.1, 0.15) is 36.5 Å². The first-order valence-corrected chi connectivity index (χ1v) is 10.6. The molecule has 1 amide bonds. The molecule has 2 aromatic rings. The van der Waals surface area contributed by atoms with E-state index >= 15 is 0 Å². The minimum Gasteiger partial charge on any atom is -0.497 e. The molecular formula is C23H30N4O3. The van der Waals surface area contributed by atoms with Crippen LogP contribution in [0.15, 0.2) is 24.3 Å². The summed E-state index contributed by atoms with van der Waals surface area (Å²) in [7, 11) is 1.64. The summed E-state index contributed by atoms with van der Waals surface area (Å²) < 4.78 is 11.1. The van der Waals surface area contributed by atoms with Gasteiger partial charge in [-0.15, -0.1) is 0 Å². The van der Waals surface area contributed by atoms with E-state index in [2.05, 4.69) is 23.7 Å². The Morgan fingerprint density at radius 2 is 1.87 bits per heavy atom. The van der Waals surface area contributed by atoms with Crippen molar-refractivity contribution in [3.8, 4) is 5.75 Å². The maximum Gasteiger partial charge on any atom is 0.227 e. The maximum absolute atomic E-state index is 13.0. The van der Waals surface area contributed by atoms with E-state index in [4.69, 9.17) is 14.5 Å². The number of carbonyl (C=O) groups excluding carboxylic acids is 1. The molecule has 4 rings (SSSR count). The van der Waals surface area contributed by atoms with Crippen molar-refractivity contribution < 1.29 is 14.3 Å². The van der Waals surface area contributed by atoms with Crippen molar-refractivity contribution in [2.45, 2.75) is 52.4 Å². The highest BCUT2D eigenvalue weighted by Gasteiger charge is 2.30. The molecule has 3 heterocycles. The van der Waals surface area contributed by atoms with Crippen LogP contribution in [0.25, 0.3) is 0 Å². The van der Waals surface area contributed by atoms with Gasteiger partial charge in [0.05, 0.1) is 38.0 Å². The zero-order valence-corrected chi connectivity index (χ0v) is 18.2. The van der Waals surface area contributed by atoms with Gasteiger partial charge in [-0.25, -0.2) is 9.97 Å². The Balaban J connectivity index is 1.54. The van der Waals surface area contributed by atoms with Crippen molar-refractivity contribution in [3.05, 3.63) is 46.9 Å². The minimum absolute atomic E-state index is 0.126. The average Bonchev–Trinajstić information content (AvgIpc) is 2.72. The first kappa shape index (κ1) is 20.6. The Kier molecular flexibility index (Phi) is 5.90. The van der Waals surface area contributed by atoms with Gasteiger partial charge in [-0.3, -0.25) is 4.79 Å². The van der Waals surface area contributed by atoms with Gasteiger partial charge in [-0.05, 0) is 38.5 Å². The second-order valence-corrected chi connectivity index (χ2v) is 8.27. The van der Waals surface area contributed by atoms with E-state index in [0.29, 0.717) is 19.5 Å². The summed E-state index contributed by atoms with van der Waals surface area (Å²) in [6.07, 6.45) is 1.44. The van der Waals surface area contributed by atoms with Crippen LogP contribution in [-0.2, 0) is 28.9 Å². The third-order valence-electron chi connectivity index (χ3n) is 5.74. The number of anilines is 1. The Hall–Kier alpha value is -2.67. The number of benzene rings is 1. The zero-order chi connectivity index (χ0) is 21.3. The molecule has 0 spiro atoms. The normalized spacial score (nSPS) is 21.3. The van der Waals surface area contributed by atoms with E-state index in [-0.39, 0.29) is 18.1 Å². The number of aromatic nitrogens is 2. The number of ether oxygens (including phenoxy) is 2. The maximum atomic E-state index is 13.0. The van der Waals surface area contributed by atoms with Crippen molar-refractivity contribution in [1.82, 2.24) is 14.9 Å². The van der Waals surface area contributed by atoms with Gasteiger partial charge in [0.15, 0.2) is 0 Å². The third-order valence-corrected chi connectivity index (χ3v) is 5.74. The largest absolute Gasteiger partial charge is 0.497 e. The number of hydrogen-bond donors (Lipinski definition) is 0. The topological polar surface area (TPSA) is 67.8 Å². The van der Waals surface area contributed by atoms with E-state index in [0.717, 1.165) is 53.7 Å². The Bertz CT molecular complexity index is 905. The van der Waals surface area contributed by atoms with Crippen molar-refractivity contribution >= 4 is 11.7 Å². The second-order valence-electron chi connectivity index (χ2n) is 8.27. The predicted molar refractivity (Wildman–Crippen MR) is 115 cm³/mol. The fraction of sp³-hybridized carbons (Fsp3) is 0.522. The van der Waals surface area contributed by atoms with Crippen LogP contribution in [0.2, 0.25) is 0 Å². The molecule has 2 atom stereocenters.